The van der Waals surface area contributed by atoms with E-state index in [4.69, 9.17) is 4.74 Å². The van der Waals surface area contributed by atoms with Gasteiger partial charge in [-0.05, 0) is 48.8 Å². The van der Waals surface area contributed by atoms with Crippen LogP contribution in [0.1, 0.15) is 37.7 Å². The Morgan fingerprint density at radius 1 is 1.30 bits per heavy atom. The number of urea groups is 1. The molecule has 4 nitrogen and oxygen atoms in total. The summed E-state index contributed by atoms with van der Waals surface area (Å²) >= 11 is 0. The summed E-state index contributed by atoms with van der Waals surface area (Å²) in [5, 5.41) is 6.06. The Morgan fingerprint density at radius 2 is 2.05 bits per heavy atom. The van der Waals surface area contributed by atoms with Gasteiger partial charge in [0.05, 0.1) is 7.11 Å². The van der Waals surface area contributed by atoms with Crippen LogP contribution >= 0.6 is 0 Å². The van der Waals surface area contributed by atoms with Crippen LogP contribution in [0.4, 0.5) is 4.79 Å². The van der Waals surface area contributed by atoms with Gasteiger partial charge in [0.2, 0.25) is 0 Å². The topological polar surface area (TPSA) is 50.4 Å². The van der Waals surface area contributed by atoms with Gasteiger partial charge in [-0.1, -0.05) is 18.6 Å². The van der Waals surface area contributed by atoms with Crippen molar-refractivity contribution in [2.45, 2.75) is 44.7 Å². The van der Waals surface area contributed by atoms with E-state index in [1.165, 1.54) is 25.7 Å². The molecule has 108 valence electrons. The first-order valence-electron chi connectivity index (χ1n) is 7.39. The molecule has 4 heteroatoms. The van der Waals surface area contributed by atoms with Crippen LogP contribution in [0.5, 0.6) is 5.75 Å². The smallest absolute Gasteiger partial charge is 0.315 e. The first kappa shape index (κ1) is 13.3. The highest BCUT2D eigenvalue weighted by Crippen LogP contribution is 2.55. The third-order valence-corrected chi connectivity index (χ3v) is 4.94. The van der Waals surface area contributed by atoms with Gasteiger partial charge in [-0.25, -0.2) is 4.79 Å². The van der Waals surface area contributed by atoms with Gasteiger partial charge in [-0.3, -0.25) is 0 Å². The van der Waals surface area contributed by atoms with Gasteiger partial charge >= 0.3 is 6.03 Å². The van der Waals surface area contributed by atoms with Crippen LogP contribution in [0, 0.1) is 5.41 Å². The number of hydrogen-bond acceptors (Lipinski definition) is 2. The summed E-state index contributed by atoms with van der Waals surface area (Å²) in [4.78, 5) is 11.9. The van der Waals surface area contributed by atoms with Crippen molar-refractivity contribution in [2.75, 3.05) is 7.11 Å². The number of hydrogen-bond donors (Lipinski definition) is 2. The molecule has 2 aliphatic carbocycles. The minimum absolute atomic E-state index is 0.0446. The Morgan fingerprint density at radius 3 is 2.55 bits per heavy atom. The van der Waals surface area contributed by atoms with Crippen LogP contribution in [0.25, 0.3) is 0 Å². The molecule has 0 aromatic heterocycles. The Balaban J connectivity index is 1.44. The largest absolute Gasteiger partial charge is 0.497 e. The highest BCUT2D eigenvalue weighted by molar-refractivity contribution is 5.74. The van der Waals surface area contributed by atoms with Crippen molar-refractivity contribution in [3.05, 3.63) is 29.8 Å². The number of carbonyl (C=O) groups excluding carboxylic acids is 1. The number of carbonyl (C=O) groups is 1. The lowest BCUT2D eigenvalue weighted by Gasteiger charge is -2.56. The number of nitrogens with one attached hydrogen (secondary N) is 2. The van der Waals surface area contributed by atoms with Gasteiger partial charge < -0.3 is 15.4 Å². The normalized spacial score (nSPS) is 22.6. The maximum atomic E-state index is 11.9. The molecule has 2 N–H and O–H groups in total. The summed E-state index contributed by atoms with van der Waals surface area (Å²) in [6, 6.07) is 8.10. The number of ether oxygens (including phenoxy) is 1. The van der Waals surface area contributed by atoms with Gasteiger partial charge in [0.1, 0.15) is 5.75 Å². The van der Waals surface area contributed by atoms with Crippen LogP contribution in [-0.4, -0.2) is 19.2 Å². The lowest BCUT2D eigenvalue weighted by molar-refractivity contribution is -0.0114. The Labute approximate surface area is 119 Å². The van der Waals surface area contributed by atoms with Crippen molar-refractivity contribution in [2.24, 2.45) is 5.41 Å². The average Bonchev–Trinajstić information content (AvgIpc) is 2.40. The molecular formula is C16H22N2O2. The Hall–Kier alpha value is -1.71. The van der Waals surface area contributed by atoms with E-state index in [2.05, 4.69) is 10.6 Å². The number of benzene rings is 1. The molecule has 3 rings (SSSR count). The summed E-state index contributed by atoms with van der Waals surface area (Å²) in [7, 11) is 1.65. The SMILES string of the molecule is COc1ccc(CNC(=O)NC2CCC23CCC3)cc1. The van der Waals surface area contributed by atoms with Gasteiger partial charge in [0, 0.05) is 12.6 Å². The molecule has 0 saturated heterocycles. The van der Waals surface area contributed by atoms with Crippen molar-refractivity contribution in [1.29, 1.82) is 0 Å². The van der Waals surface area contributed by atoms with Crippen molar-refractivity contribution < 1.29 is 9.53 Å². The zero-order valence-corrected chi connectivity index (χ0v) is 11.9. The van der Waals surface area contributed by atoms with Crippen molar-refractivity contribution in [3.8, 4) is 5.75 Å². The fraction of sp³-hybridized carbons (Fsp3) is 0.562. The van der Waals surface area contributed by atoms with E-state index in [1.807, 2.05) is 24.3 Å². The fourth-order valence-electron chi connectivity index (χ4n) is 3.29. The molecule has 0 bridgehead atoms. The predicted octanol–water partition coefficient (Wildman–Crippen LogP) is 2.83. The zero-order valence-electron chi connectivity index (χ0n) is 11.9. The minimum Gasteiger partial charge on any atom is -0.497 e. The third kappa shape index (κ3) is 2.47. The zero-order chi connectivity index (χ0) is 14.0. The molecule has 1 spiro atoms. The molecule has 1 unspecified atom stereocenters. The van der Waals surface area contributed by atoms with Gasteiger partial charge in [-0.15, -0.1) is 0 Å². The highest BCUT2D eigenvalue weighted by atomic mass is 16.5. The molecule has 0 radical (unpaired) electrons. The second-order valence-corrected chi connectivity index (χ2v) is 5.98. The van der Waals surface area contributed by atoms with E-state index in [0.717, 1.165) is 17.7 Å². The Kier molecular flexibility index (Phi) is 3.55. The van der Waals surface area contributed by atoms with E-state index < -0.39 is 0 Å². The van der Waals surface area contributed by atoms with Crippen LogP contribution in [0.2, 0.25) is 0 Å². The molecule has 1 aromatic carbocycles. The Bertz CT molecular complexity index is 474. The van der Waals surface area contributed by atoms with Crippen molar-refractivity contribution in [1.82, 2.24) is 10.6 Å². The van der Waals surface area contributed by atoms with E-state index in [-0.39, 0.29) is 6.03 Å². The van der Waals surface area contributed by atoms with E-state index in [9.17, 15) is 4.79 Å². The summed E-state index contributed by atoms with van der Waals surface area (Å²) in [5.41, 5.74) is 1.53. The molecule has 2 fully saturated rings. The molecule has 2 aliphatic rings. The molecule has 0 aliphatic heterocycles. The van der Waals surface area contributed by atoms with Crippen LogP contribution in [0.15, 0.2) is 24.3 Å². The van der Waals surface area contributed by atoms with E-state index in [1.54, 1.807) is 7.11 Å². The second-order valence-electron chi connectivity index (χ2n) is 5.98. The lowest BCUT2D eigenvalue weighted by Crippen LogP contribution is -2.59. The monoisotopic (exact) mass is 274 g/mol. The van der Waals surface area contributed by atoms with Gasteiger partial charge in [0.25, 0.3) is 0 Å². The van der Waals surface area contributed by atoms with Gasteiger partial charge in [0.15, 0.2) is 0 Å². The highest BCUT2D eigenvalue weighted by Gasteiger charge is 2.51. The second kappa shape index (κ2) is 5.35. The predicted molar refractivity (Wildman–Crippen MR) is 77.7 cm³/mol. The first-order valence-corrected chi connectivity index (χ1v) is 7.39. The summed E-state index contributed by atoms with van der Waals surface area (Å²) in [6.07, 6.45) is 6.32. The van der Waals surface area contributed by atoms with Crippen LogP contribution in [-0.2, 0) is 6.54 Å². The maximum absolute atomic E-state index is 11.9. The summed E-state index contributed by atoms with van der Waals surface area (Å²) in [6.45, 7) is 0.551. The van der Waals surface area contributed by atoms with Crippen LogP contribution < -0.4 is 15.4 Å². The molecule has 1 aromatic rings. The maximum Gasteiger partial charge on any atom is 0.315 e. The molecule has 0 heterocycles. The van der Waals surface area contributed by atoms with Crippen molar-refractivity contribution >= 4 is 6.03 Å². The number of methoxy groups -OCH3 is 1. The molecule has 20 heavy (non-hydrogen) atoms. The van der Waals surface area contributed by atoms with E-state index in [0.29, 0.717) is 18.0 Å². The first-order chi connectivity index (χ1) is 9.72. The average molecular weight is 274 g/mol. The number of rotatable bonds is 4. The van der Waals surface area contributed by atoms with E-state index >= 15 is 0 Å². The quantitative estimate of drug-likeness (QED) is 0.887. The molecule has 1 atom stereocenters. The minimum atomic E-state index is -0.0446. The number of amides is 2. The fourth-order valence-corrected chi connectivity index (χ4v) is 3.29. The standard InChI is InChI=1S/C16H22N2O2/c1-20-13-5-3-12(4-6-13)11-17-15(19)18-14-7-10-16(14)8-2-9-16/h3-6,14H,2,7-11H2,1H3,(H2,17,18,19). The summed E-state index contributed by atoms with van der Waals surface area (Å²) < 4.78 is 5.11. The van der Waals surface area contributed by atoms with Gasteiger partial charge in [-0.2, -0.15) is 0 Å². The molecular weight excluding hydrogens is 252 g/mol. The summed E-state index contributed by atoms with van der Waals surface area (Å²) in [5.74, 6) is 0.833. The van der Waals surface area contributed by atoms with Crippen molar-refractivity contribution in [3.63, 3.8) is 0 Å². The van der Waals surface area contributed by atoms with Crippen LogP contribution in [0.3, 0.4) is 0 Å². The lowest BCUT2D eigenvalue weighted by atomic mass is 9.53. The molecule has 2 amide bonds. The third-order valence-electron chi connectivity index (χ3n) is 4.94. The molecule has 2 saturated carbocycles.